The van der Waals surface area contributed by atoms with Crippen molar-refractivity contribution in [1.29, 1.82) is 0 Å². The molecule has 1 aromatic heterocycles. The maximum Gasteiger partial charge on any atom is 0.230 e. The third-order valence-corrected chi connectivity index (χ3v) is 2.80. The van der Waals surface area contributed by atoms with Crippen LogP contribution in [0.2, 0.25) is 0 Å². The second-order valence-electron chi connectivity index (χ2n) is 4.10. The summed E-state index contributed by atoms with van der Waals surface area (Å²) < 4.78 is 5.77. The summed E-state index contributed by atoms with van der Waals surface area (Å²) in [4.78, 5) is 8.35. The second kappa shape index (κ2) is 5.04. The topological polar surface area (TPSA) is 55.2 Å². The Morgan fingerprint density at radius 2 is 1.89 bits per heavy atom. The molecule has 4 nitrogen and oxygen atoms in total. The molecule has 0 amide bonds. The summed E-state index contributed by atoms with van der Waals surface area (Å²) in [5.74, 6) is 1.16. The predicted octanol–water partition coefficient (Wildman–Crippen LogP) is 2.91. The fourth-order valence-electron chi connectivity index (χ4n) is 1.88. The zero-order valence-electron chi connectivity index (χ0n) is 10.2. The van der Waals surface area contributed by atoms with Gasteiger partial charge in [-0.2, -0.15) is 0 Å². The van der Waals surface area contributed by atoms with Crippen LogP contribution in [-0.4, -0.2) is 15.1 Å². The molecule has 94 valence electrons. The third-order valence-electron chi connectivity index (χ3n) is 2.80. The molecule has 19 heavy (non-hydrogen) atoms. The van der Waals surface area contributed by atoms with E-state index in [1.54, 1.807) is 6.07 Å². The Hall–Kier alpha value is -2.46. The molecule has 1 N–H and O–H groups in total. The van der Waals surface area contributed by atoms with Crippen LogP contribution in [0.15, 0.2) is 54.9 Å². The van der Waals surface area contributed by atoms with Gasteiger partial charge in [-0.3, -0.25) is 0 Å². The Balaban J connectivity index is 2.01. The molecule has 3 aromatic rings. The summed E-state index contributed by atoms with van der Waals surface area (Å²) >= 11 is 0. The van der Waals surface area contributed by atoms with Gasteiger partial charge in [-0.1, -0.05) is 24.3 Å². The third kappa shape index (κ3) is 2.39. The number of ether oxygens (including phenoxy) is 1. The molecule has 0 aliphatic heterocycles. The minimum absolute atomic E-state index is 0.0122. The van der Waals surface area contributed by atoms with Crippen LogP contribution in [0.3, 0.4) is 0 Å². The number of aliphatic hydroxyl groups is 1. The van der Waals surface area contributed by atoms with Crippen LogP contribution in [-0.2, 0) is 6.61 Å². The number of hydrogen-bond acceptors (Lipinski definition) is 4. The van der Waals surface area contributed by atoms with Crippen molar-refractivity contribution >= 4 is 10.9 Å². The zero-order valence-corrected chi connectivity index (χ0v) is 10.2. The van der Waals surface area contributed by atoms with Gasteiger partial charge < -0.3 is 9.84 Å². The zero-order chi connectivity index (χ0) is 13.1. The number of rotatable bonds is 3. The van der Waals surface area contributed by atoms with E-state index in [-0.39, 0.29) is 6.61 Å². The minimum Gasteiger partial charge on any atom is -0.438 e. The van der Waals surface area contributed by atoms with E-state index >= 15 is 0 Å². The van der Waals surface area contributed by atoms with Gasteiger partial charge in [0.25, 0.3) is 0 Å². The van der Waals surface area contributed by atoms with Crippen molar-refractivity contribution in [3.05, 3.63) is 60.4 Å². The van der Waals surface area contributed by atoms with E-state index in [1.807, 2.05) is 42.5 Å². The summed E-state index contributed by atoms with van der Waals surface area (Å²) in [5, 5.41) is 9.98. The molecule has 0 saturated carbocycles. The Morgan fingerprint density at radius 3 is 2.79 bits per heavy atom. The highest BCUT2D eigenvalue weighted by Crippen LogP contribution is 2.26. The summed E-state index contributed by atoms with van der Waals surface area (Å²) in [6, 6.07) is 15.0. The maximum atomic E-state index is 9.12. The van der Waals surface area contributed by atoms with Crippen molar-refractivity contribution in [3.8, 4) is 11.6 Å². The van der Waals surface area contributed by atoms with E-state index in [1.165, 1.54) is 6.33 Å². The molecule has 2 aromatic carbocycles. The lowest BCUT2D eigenvalue weighted by atomic mass is 10.2. The number of aromatic nitrogens is 2. The van der Waals surface area contributed by atoms with Gasteiger partial charge in [0.2, 0.25) is 5.88 Å². The van der Waals surface area contributed by atoms with Crippen LogP contribution < -0.4 is 4.74 Å². The normalized spacial score (nSPS) is 10.6. The van der Waals surface area contributed by atoms with Crippen LogP contribution in [0.1, 0.15) is 5.56 Å². The summed E-state index contributed by atoms with van der Waals surface area (Å²) in [7, 11) is 0. The molecule has 3 rings (SSSR count). The number of fused-ring (bicyclic) bond motifs is 1. The molecule has 0 fully saturated rings. The molecule has 0 saturated heterocycles. The van der Waals surface area contributed by atoms with Crippen molar-refractivity contribution in [2.24, 2.45) is 0 Å². The molecule has 1 heterocycles. The average molecular weight is 252 g/mol. The number of para-hydroxylation sites is 1. The standard InChI is InChI=1S/C15H12N2O2/c18-9-11-4-3-5-12(8-11)19-15-13-6-1-2-7-14(13)16-10-17-15/h1-8,10,18H,9H2. The summed E-state index contributed by atoms with van der Waals surface area (Å²) in [6.45, 7) is -0.0122. The Kier molecular flexibility index (Phi) is 3.08. The lowest BCUT2D eigenvalue weighted by Crippen LogP contribution is -1.92. The first-order valence-electron chi connectivity index (χ1n) is 5.94. The van der Waals surface area contributed by atoms with Gasteiger partial charge in [0.15, 0.2) is 0 Å². The van der Waals surface area contributed by atoms with E-state index in [0.717, 1.165) is 16.5 Å². The van der Waals surface area contributed by atoms with Crippen molar-refractivity contribution < 1.29 is 9.84 Å². The molecule has 0 unspecified atom stereocenters. The first-order valence-corrected chi connectivity index (χ1v) is 5.94. The van der Waals surface area contributed by atoms with Crippen LogP contribution in [0.25, 0.3) is 10.9 Å². The summed E-state index contributed by atoms with van der Waals surface area (Å²) in [5.41, 5.74) is 1.64. The Morgan fingerprint density at radius 1 is 1.00 bits per heavy atom. The van der Waals surface area contributed by atoms with Gasteiger partial charge in [0.1, 0.15) is 12.1 Å². The number of hydrogen-bond donors (Lipinski definition) is 1. The van der Waals surface area contributed by atoms with Crippen molar-refractivity contribution in [2.45, 2.75) is 6.61 Å². The molecule has 0 spiro atoms. The smallest absolute Gasteiger partial charge is 0.230 e. The van der Waals surface area contributed by atoms with Crippen molar-refractivity contribution in [1.82, 2.24) is 9.97 Å². The van der Waals surface area contributed by atoms with E-state index in [2.05, 4.69) is 9.97 Å². The average Bonchev–Trinajstić information content (AvgIpc) is 2.48. The lowest BCUT2D eigenvalue weighted by Gasteiger charge is -2.07. The molecule has 0 aliphatic rings. The minimum atomic E-state index is -0.0122. The second-order valence-corrected chi connectivity index (χ2v) is 4.10. The highest BCUT2D eigenvalue weighted by molar-refractivity contribution is 5.83. The quantitative estimate of drug-likeness (QED) is 0.778. The first kappa shape index (κ1) is 11.6. The molecule has 0 bridgehead atoms. The van der Waals surface area contributed by atoms with Gasteiger partial charge in [-0.15, -0.1) is 0 Å². The van der Waals surface area contributed by atoms with E-state index in [0.29, 0.717) is 11.6 Å². The Labute approximate surface area is 110 Å². The highest BCUT2D eigenvalue weighted by Gasteiger charge is 2.05. The predicted molar refractivity (Wildman–Crippen MR) is 72.0 cm³/mol. The van der Waals surface area contributed by atoms with Crippen LogP contribution in [0.5, 0.6) is 11.6 Å². The molecule has 0 radical (unpaired) electrons. The monoisotopic (exact) mass is 252 g/mol. The van der Waals surface area contributed by atoms with Crippen molar-refractivity contribution in [3.63, 3.8) is 0 Å². The molecule has 4 heteroatoms. The maximum absolute atomic E-state index is 9.12. The van der Waals surface area contributed by atoms with Gasteiger partial charge in [0, 0.05) is 0 Å². The molecular weight excluding hydrogens is 240 g/mol. The van der Waals surface area contributed by atoms with E-state index in [4.69, 9.17) is 9.84 Å². The van der Waals surface area contributed by atoms with Crippen molar-refractivity contribution in [2.75, 3.05) is 0 Å². The SMILES string of the molecule is OCc1cccc(Oc2ncnc3ccccc23)c1. The van der Waals surface area contributed by atoms with Crippen LogP contribution in [0.4, 0.5) is 0 Å². The molecule has 0 atom stereocenters. The van der Waals surface area contributed by atoms with Gasteiger partial charge >= 0.3 is 0 Å². The fourth-order valence-corrected chi connectivity index (χ4v) is 1.88. The fraction of sp³-hybridized carbons (Fsp3) is 0.0667. The molecule has 0 aliphatic carbocycles. The number of benzene rings is 2. The van der Waals surface area contributed by atoms with Gasteiger partial charge in [-0.25, -0.2) is 9.97 Å². The lowest BCUT2D eigenvalue weighted by molar-refractivity contribution is 0.281. The largest absolute Gasteiger partial charge is 0.438 e. The molecular formula is C15H12N2O2. The first-order chi connectivity index (χ1) is 9.36. The number of nitrogens with zero attached hydrogens (tertiary/aromatic N) is 2. The number of aliphatic hydroxyl groups excluding tert-OH is 1. The Bertz CT molecular complexity index is 708. The van der Waals surface area contributed by atoms with E-state index < -0.39 is 0 Å². The van der Waals surface area contributed by atoms with Crippen LogP contribution in [0, 0.1) is 0 Å². The van der Waals surface area contributed by atoms with Gasteiger partial charge in [-0.05, 0) is 29.8 Å². The summed E-state index contributed by atoms with van der Waals surface area (Å²) in [6.07, 6.45) is 1.48. The van der Waals surface area contributed by atoms with E-state index in [9.17, 15) is 0 Å². The highest BCUT2D eigenvalue weighted by atomic mass is 16.5. The van der Waals surface area contributed by atoms with Crippen LogP contribution >= 0.6 is 0 Å². The van der Waals surface area contributed by atoms with Gasteiger partial charge in [0.05, 0.1) is 17.5 Å².